The molecule has 0 radical (unpaired) electrons. The minimum atomic E-state index is -2.25. The Morgan fingerprint density at radius 2 is 2.03 bits per heavy atom. The summed E-state index contributed by atoms with van der Waals surface area (Å²) in [5.74, 6) is -1.39. The highest BCUT2D eigenvalue weighted by molar-refractivity contribution is 5.88. The van der Waals surface area contributed by atoms with Crippen molar-refractivity contribution in [3.63, 3.8) is 0 Å². The molecule has 0 fully saturated rings. The maximum Gasteiger partial charge on any atom is 0.344 e. The number of methoxy groups -OCH3 is 1. The van der Waals surface area contributed by atoms with Crippen LogP contribution in [0.25, 0.3) is 0 Å². The molecule has 0 aliphatic carbocycles. The molecule has 2 rings (SSSR count). The van der Waals surface area contributed by atoms with E-state index in [1.54, 1.807) is 26.0 Å². The first-order valence-electron chi connectivity index (χ1n) is 9.59. The lowest BCUT2D eigenvalue weighted by atomic mass is 9.81. The number of rotatable bonds is 8. The predicted molar refractivity (Wildman–Crippen MR) is 106 cm³/mol. The van der Waals surface area contributed by atoms with Crippen molar-refractivity contribution in [2.45, 2.75) is 64.1 Å². The molecule has 0 saturated heterocycles. The highest BCUT2D eigenvalue weighted by atomic mass is 16.6. The maximum absolute atomic E-state index is 12.7. The zero-order chi connectivity index (χ0) is 22.0. The first kappa shape index (κ1) is 23.1. The lowest BCUT2D eigenvalue weighted by molar-refractivity contribution is -0.216. The van der Waals surface area contributed by atoms with Crippen molar-refractivity contribution in [2.24, 2.45) is 0 Å². The second-order valence-corrected chi connectivity index (χ2v) is 7.88. The van der Waals surface area contributed by atoms with E-state index in [-0.39, 0.29) is 12.6 Å². The van der Waals surface area contributed by atoms with E-state index >= 15 is 0 Å². The van der Waals surface area contributed by atoms with Gasteiger partial charge in [-0.25, -0.2) is 9.59 Å². The van der Waals surface area contributed by atoms with Crippen LogP contribution >= 0.6 is 0 Å². The molecular formula is C21H31NO7. The van der Waals surface area contributed by atoms with E-state index in [4.69, 9.17) is 14.2 Å². The first-order chi connectivity index (χ1) is 13.5. The molecule has 0 amide bonds. The Morgan fingerprint density at radius 3 is 2.59 bits per heavy atom. The van der Waals surface area contributed by atoms with Crippen LogP contribution in [0, 0.1) is 0 Å². The monoisotopic (exact) mass is 409 g/mol. The molecule has 0 aromatic heterocycles. The largest absolute Gasteiger partial charge is 0.459 e. The summed E-state index contributed by atoms with van der Waals surface area (Å²) in [6, 6.07) is -0.272. The Balaban J connectivity index is 2.08. The van der Waals surface area contributed by atoms with E-state index in [1.165, 1.54) is 27.9 Å². The molecule has 8 nitrogen and oxygen atoms in total. The van der Waals surface area contributed by atoms with Gasteiger partial charge in [0.1, 0.15) is 18.3 Å². The molecule has 0 bridgehead atoms. The van der Waals surface area contributed by atoms with Gasteiger partial charge in [-0.2, -0.15) is 0 Å². The van der Waals surface area contributed by atoms with Crippen LogP contribution < -0.4 is 0 Å². The molecule has 162 valence electrons. The number of esters is 2. The Labute approximate surface area is 171 Å². The lowest BCUT2D eigenvalue weighted by Crippen LogP contribution is -2.63. The number of ether oxygens (including phenoxy) is 3. The molecule has 2 aliphatic rings. The van der Waals surface area contributed by atoms with Gasteiger partial charge in [-0.1, -0.05) is 12.2 Å². The van der Waals surface area contributed by atoms with Crippen molar-refractivity contribution < 1.29 is 34.0 Å². The van der Waals surface area contributed by atoms with Crippen LogP contribution in [-0.2, 0) is 23.8 Å². The fourth-order valence-electron chi connectivity index (χ4n) is 3.45. The lowest BCUT2D eigenvalue weighted by Gasteiger charge is -2.40. The van der Waals surface area contributed by atoms with Crippen molar-refractivity contribution in [3.05, 3.63) is 35.6 Å². The van der Waals surface area contributed by atoms with Gasteiger partial charge in [0.25, 0.3) is 0 Å². The summed E-state index contributed by atoms with van der Waals surface area (Å²) in [5.41, 5.74) is -2.77. The van der Waals surface area contributed by atoms with Crippen LogP contribution in [0.5, 0.6) is 0 Å². The standard InChI is InChI=1S/C21H31NO7/c1-7-13(2)18(23)29-16-9-11-22-10-8-15(17(16)22)12-28-19(24)21(26,14(3)27-6)20(4,5)25/h7-9,11,14,16-17,25-26H,10,12H2,1-6H3/t14?,16?,17?,21-/m0/s1. The summed E-state index contributed by atoms with van der Waals surface area (Å²) in [4.78, 5) is 26.8. The van der Waals surface area contributed by atoms with Gasteiger partial charge in [-0.05, 0) is 52.5 Å². The van der Waals surface area contributed by atoms with Crippen LogP contribution in [0.1, 0.15) is 34.6 Å². The zero-order valence-corrected chi connectivity index (χ0v) is 17.8. The number of allylic oxidation sites excluding steroid dienone is 1. The summed E-state index contributed by atoms with van der Waals surface area (Å²) in [6.07, 6.45) is 5.72. The Bertz CT molecular complexity index is 734. The van der Waals surface area contributed by atoms with Crippen molar-refractivity contribution in [3.8, 4) is 0 Å². The van der Waals surface area contributed by atoms with Crippen LogP contribution in [-0.4, -0.2) is 76.8 Å². The van der Waals surface area contributed by atoms with Gasteiger partial charge in [-0.15, -0.1) is 0 Å². The van der Waals surface area contributed by atoms with Gasteiger partial charge in [0.05, 0.1) is 12.1 Å². The van der Waals surface area contributed by atoms with E-state index in [2.05, 4.69) is 0 Å². The third-order valence-electron chi connectivity index (χ3n) is 5.63. The van der Waals surface area contributed by atoms with Crippen molar-refractivity contribution in [1.29, 1.82) is 0 Å². The number of hydrogen-bond donors (Lipinski definition) is 2. The molecule has 2 heterocycles. The van der Waals surface area contributed by atoms with Gasteiger partial charge < -0.3 is 29.3 Å². The fourth-order valence-corrected chi connectivity index (χ4v) is 3.45. The quantitative estimate of drug-likeness (QED) is 0.349. The molecule has 3 unspecified atom stereocenters. The van der Waals surface area contributed by atoms with Crippen molar-refractivity contribution in [2.75, 3.05) is 20.3 Å². The summed E-state index contributed by atoms with van der Waals surface area (Å²) in [6.45, 7) is 8.05. The van der Waals surface area contributed by atoms with E-state index in [0.717, 1.165) is 5.57 Å². The van der Waals surface area contributed by atoms with Crippen LogP contribution in [0.3, 0.4) is 0 Å². The van der Waals surface area contributed by atoms with Crippen molar-refractivity contribution in [1.82, 2.24) is 4.90 Å². The topological polar surface area (TPSA) is 106 Å². The van der Waals surface area contributed by atoms with Crippen LogP contribution in [0.2, 0.25) is 0 Å². The molecule has 2 N–H and O–H groups in total. The normalized spacial score (nSPS) is 24.6. The second kappa shape index (κ2) is 8.69. The summed E-state index contributed by atoms with van der Waals surface area (Å²) < 4.78 is 16.0. The third-order valence-corrected chi connectivity index (χ3v) is 5.63. The molecule has 0 spiro atoms. The SMILES string of the molecule is CC=C(C)C(=O)OC1C=CN2CC=C(COC(=O)[C@@](O)(C(C)OC)C(C)(C)O)C12. The van der Waals surface area contributed by atoms with E-state index in [0.29, 0.717) is 12.1 Å². The van der Waals surface area contributed by atoms with Gasteiger partial charge in [0.15, 0.2) is 0 Å². The third kappa shape index (κ3) is 4.39. The number of carbonyl (C=O) groups is 2. The van der Waals surface area contributed by atoms with Gasteiger partial charge >= 0.3 is 11.9 Å². The molecule has 29 heavy (non-hydrogen) atoms. The number of nitrogens with zero attached hydrogens (tertiary/aromatic N) is 1. The molecule has 0 saturated carbocycles. The summed E-state index contributed by atoms with van der Waals surface area (Å²) in [7, 11) is 1.34. The molecular weight excluding hydrogens is 378 g/mol. The van der Waals surface area contributed by atoms with E-state index < -0.39 is 35.3 Å². The summed E-state index contributed by atoms with van der Waals surface area (Å²) >= 11 is 0. The number of aliphatic hydroxyl groups is 2. The minimum Gasteiger partial charge on any atom is -0.459 e. The highest BCUT2D eigenvalue weighted by Gasteiger charge is 2.55. The number of fused-ring (bicyclic) bond motifs is 1. The molecule has 2 aliphatic heterocycles. The molecule has 4 atom stereocenters. The predicted octanol–water partition coefficient (Wildman–Crippen LogP) is 1.08. The minimum absolute atomic E-state index is 0.104. The van der Waals surface area contributed by atoms with Crippen molar-refractivity contribution >= 4 is 11.9 Å². The molecule has 0 aromatic carbocycles. The average Bonchev–Trinajstić information content (AvgIpc) is 3.26. The zero-order valence-electron chi connectivity index (χ0n) is 17.8. The summed E-state index contributed by atoms with van der Waals surface area (Å²) in [5, 5.41) is 21.2. The van der Waals surface area contributed by atoms with E-state index in [9.17, 15) is 19.8 Å². The smallest absolute Gasteiger partial charge is 0.344 e. The van der Waals surface area contributed by atoms with Crippen LogP contribution in [0.4, 0.5) is 0 Å². The van der Waals surface area contributed by atoms with Gasteiger partial charge in [0, 0.05) is 19.2 Å². The van der Waals surface area contributed by atoms with Crippen LogP contribution in [0.15, 0.2) is 35.6 Å². The second-order valence-electron chi connectivity index (χ2n) is 7.88. The molecule has 0 aromatic rings. The first-order valence-corrected chi connectivity index (χ1v) is 9.59. The Kier molecular flexibility index (Phi) is 6.93. The Hall–Kier alpha value is -2.16. The number of hydrogen-bond acceptors (Lipinski definition) is 8. The fraction of sp³-hybridized carbons (Fsp3) is 0.619. The highest BCUT2D eigenvalue weighted by Crippen LogP contribution is 2.32. The Morgan fingerprint density at radius 1 is 1.38 bits per heavy atom. The van der Waals surface area contributed by atoms with Gasteiger partial charge in [-0.3, -0.25) is 0 Å². The average molecular weight is 409 g/mol. The maximum atomic E-state index is 12.7. The van der Waals surface area contributed by atoms with E-state index in [1.807, 2.05) is 17.2 Å². The van der Waals surface area contributed by atoms with Gasteiger partial charge in [0.2, 0.25) is 5.60 Å². The molecule has 8 heteroatoms. The number of carbonyl (C=O) groups excluding carboxylic acids is 2.